The lowest BCUT2D eigenvalue weighted by Gasteiger charge is -2.12. The molecule has 23 heavy (non-hydrogen) atoms. The largest absolute Gasteiger partial charge is 0.380 e. The highest BCUT2D eigenvalue weighted by Gasteiger charge is 2.10. The van der Waals surface area contributed by atoms with Crippen LogP contribution in [0.3, 0.4) is 0 Å². The first-order valence-corrected chi connectivity index (χ1v) is 7.65. The second-order valence-corrected chi connectivity index (χ2v) is 5.03. The summed E-state index contributed by atoms with van der Waals surface area (Å²) >= 11 is 0. The predicted molar refractivity (Wildman–Crippen MR) is 89.7 cm³/mol. The topological polar surface area (TPSA) is 89.3 Å². The highest BCUT2D eigenvalue weighted by atomic mass is 16.6. The molecule has 0 radical (unpaired) electrons. The summed E-state index contributed by atoms with van der Waals surface area (Å²) in [5.74, 6) is -0.268. The van der Waals surface area contributed by atoms with Crippen LogP contribution in [0.15, 0.2) is 48.8 Å². The van der Waals surface area contributed by atoms with Gasteiger partial charge in [-0.3, -0.25) is 14.6 Å². The van der Waals surface area contributed by atoms with Gasteiger partial charge in [0.2, 0.25) is 0 Å². The monoisotopic (exact) mass is 314 g/mol. The van der Waals surface area contributed by atoms with Gasteiger partial charge in [-0.1, -0.05) is 12.1 Å². The molecule has 6 nitrogen and oxygen atoms in total. The average molecular weight is 314 g/mol. The number of para-hydroxylation sites is 1. The van der Waals surface area contributed by atoms with Crippen molar-refractivity contribution >= 4 is 11.6 Å². The summed E-state index contributed by atoms with van der Waals surface area (Å²) in [6, 6.07) is 11.2. The maximum Gasteiger partial charge on any atom is 0.276 e. The number of unbranched alkanes of at least 4 members (excludes halogenated alkanes) is 1. The van der Waals surface area contributed by atoms with Crippen LogP contribution >= 0.6 is 0 Å². The van der Waals surface area contributed by atoms with E-state index in [0.717, 1.165) is 24.1 Å². The second-order valence-electron chi connectivity index (χ2n) is 5.03. The zero-order valence-corrected chi connectivity index (χ0v) is 13.0. The Morgan fingerprint density at radius 2 is 1.91 bits per heavy atom. The van der Waals surface area contributed by atoms with Crippen molar-refractivity contribution in [1.82, 2.24) is 10.5 Å². The number of carbonyl (C=O) groups excluding carboxylic acids is 1. The molecule has 6 heteroatoms. The van der Waals surface area contributed by atoms with Gasteiger partial charge in [0, 0.05) is 24.6 Å². The fourth-order valence-corrected chi connectivity index (χ4v) is 2.02. The van der Waals surface area contributed by atoms with Crippen molar-refractivity contribution in [1.29, 1.82) is 0 Å². The van der Waals surface area contributed by atoms with Gasteiger partial charge in [0.15, 0.2) is 0 Å². The Balaban J connectivity index is 1.90. The molecule has 0 aliphatic rings. The van der Waals surface area contributed by atoms with E-state index in [0.29, 0.717) is 25.3 Å². The van der Waals surface area contributed by atoms with Crippen molar-refractivity contribution in [2.75, 3.05) is 18.5 Å². The lowest BCUT2D eigenvalue weighted by atomic mass is 10.1. The van der Waals surface area contributed by atoms with Gasteiger partial charge in [0.25, 0.3) is 5.91 Å². The Bertz CT molecular complexity index is 605. The van der Waals surface area contributed by atoms with Crippen LogP contribution in [0.4, 0.5) is 5.69 Å². The number of rotatable bonds is 9. The summed E-state index contributed by atoms with van der Waals surface area (Å²) < 4.78 is 0. The smallest absolute Gasteiger partial charge is 0.276 e. The lowest BCUT2D eigenvalue weighted by molar-refractivity contribution is 0.0301. The van der Waals surface area contributed by atoms with Gasteiger partial charge in [-0.25, -0.2) is 5.48 Å². The molecule has 2 rings (SSSR count). The fourth-order valence-electron chi connectivity index (χ4n) is 2.02. The third kappa shape index (κ3) is 5.69. The molecule has 0 unspecified atom stereocenters. The zero-order chi connectivity index (χ0) is 16.3. The molecule has 0 aliphatic carbocycles. The molecular weight excluding hydrogens is 292 g/mol. The summed E-state index contributed by atoms with van der Waals surface area (Å²) in [4.78, 5) is 21.4. The number of nitrogens with one attached hydrogen (secondary N) is 2. The summed E-state index contributed by atoms with van der Waals surface area (Å²) in [6.45, 7) is 1.69. The van der Waals surface area contributed by atoms with E-state index in [4.69, 9.17) is 10.6 Å². The molecule has 1 amide bonds. The molecule has 4 N–H and O–H groups in total. The third-order valence-corrected chi connectivity index (χ3v) is 3.27. The van der Waals surface area contributed by atoms with Crippen molar-refractivity contribution in [2.45, 2.75) is 19.4 Å². The molecule has 0 bridgehead atoms. The summed E-state index contributed by atoms with van der Waals surface area (Å²) in [7, 11) is 0. The minimum atomic E-state index is -0.268. The van der Waals surface area contributed by atoms with E-state index >= 15 is 0 Å². The van der Waals surface area contributed by atoms with Gasteiger partial charge in [0.05, 0.1) is 12.2 Å². The number of hydroxylamine groups is 1. The SMILES string of the molecule is NCCCCONC(=O)c1ccccc1NCc1ccncc1. The molecular formula is C17H22N4O2. The van der Waals surface area contributed by atoms with Crippen LogP contribution in [-0.4, -0.2) is 24.0 Å². The Hall–Kier alpha value is -2.44. The maximum absolute atomic E-state index is 12.2. The standard InChI is InChI=1S/C17H22N4O2/c18-9-3-4-12-23-21-17(22)15-5-1-2-6-16(15)20-13-14-7-10-19-11-8-14/h1-2,5-8,10-11,20H,3-4,9,12-13,18H2,(H,21,22). The first-order chi connectivity index (χ1) is 11.3. The Morgan fingerprint density at radius 1 is 1.13 bits per heavy atom. The van der Waals surface area contributed by atoms with E-state index < -0.39 is 0 Å². The Kier molecular flexibility index (Phi) is 7.03. The van der Waals surface area contributed by atoms with Gasteiger partial charge in [-0.05, 0) is 49.2 Å². The molecule has 0 fully saturated rings. The van der Waals surface area contributed by atoms with Gasteiger partial charge in [-0.15, -0.1) is 0 Å². The Labute approximate surface area is 136 Å². The van der Waals surface area contributed by atoms with Gasteiger partial charge >= 0.3 is 0 Å². The summed E-state index contributed by atoms with van der Waals surface area (Å²) in [5, 5.41) is 3.26. The molecule has 2 aromatic rings. The quantitative estimate of drug-likeness (QED) is 0.487. The zero-order valence-electron chi connectivity index (χ0n) is 13.0. The van der Waals surface area contributed by atoms with E-state index in [1.165, 1.54) is 0 Å². The second kappa shape index (κ2) is 9.55. The van der Waals surface area contributed by atoms with Crippen LogP contribution in [0, 0.1) is 0 Å². The minimum absolute atomic E-state index is 0.268. The van der Waals surface area contributed by atoms with Crippen molar-refractivity contribution in [3.05, 3.63) is 59.9 Å². The van der Waals surface area contributed by atoms with Gasteiger partial charge in [0.1, 0.15) is 0 Å². The van der Waals surface area contributed by atoms with Crippen LogP contribution in [0.25, 0.3) is 0 Å². The van der Waals surface area contributed by atoms with Crippen molar-refractivity contribution < 1.29 is 9.63 Å². The number of hydrogen-bond acceptors (Lipinski definition) is 5. The summed E-state index contributed by atoms with van der Waals surface area (Å²) in [6.07, 6.45) is 5.17. The lowest BCUT2D eigenvalue weighted by Crippen LogP contribution is -2.25. The number of pyridine rings is 1. The number of carbonyl (C=O) groups is 1. The first-order valence-electron chi connectivity index (χ1n) is 7.65. The van der Waals surface area contributed by atoms with Gasteiger partial charge < -0.3 is 11.1 Å². The molecule has 1 heterocycles. The van der Waals surface area contributed by atoms with Gasteiger partial charge in [-0.2, -0.15) is 0 Å². The van der Waals surface area contributed by atoms with Crippen molar-refractivity contribution in [2.24, 2.45) is 5.73 Å². The molecule has 0 atom stereocenters. The highest BCUT2D eigenvalue weighted by Crippen LogP contribution is 2.16. The highest BCUT2D eigenvalue weighted by molar-refractivity contribution is 5.98. The van der Waals surface area contributed by atoms with E-state index in [9.17, 15) is 4.79 Å². The van der Waals surface area contributed by atoms with E-state index in [2.05, 4.69) is 15.8 Å². The number of anilines is 1. The van der Waals surface area contributed by atoms with E-state index in [1.54, 1.807) is 18.5 Å². The number of aromatic nitrogens is 1. The average Bonchev–Trinajstić information content (AvgIpc) is 2.61. The van der Waals surface area contributed by atoms with Crippen molar-refractivity contribution in [3.8, 4) is 0 Å². The minimum Gasteiger partial charge on any atom is -0.380 e. The molecule has 0 spiro atoms. The predicted octanol–water partition coefficient (Wildman–Crippen LogP) is 2.09. The van der Waals surface area contributed by atoms with E-state index in [1.807, 2.05) is 30.3 Å². The molecule has 0 aliphatic heterocycles. The van der Waals surface area contributed by atoms with Crippen LogP contribution in [0.5, 0.6) is 0 Å². The van der Waals surface area contributed by atoms with Crippen LogP contribution in [-0.2, 0) is 11.4 Å². The maximum atomic E-state index is 12.2. The third-order valence-electron chi connectivity index (χ3n) is 3.27. The van der Waals surface area contributed by atoms with Crippen LogP contribution in [0.1, 0.15) is 28.8 Å². The van der Waals surface area contributed by atoms with Crippen LogP contribution in [0.2, 0.25) is 0 Å². The van der Waals surface area contributed by atoms with Crippen molar-refractivity contribution in [3.63, 3.8) is 0 Å². The first kappa shape index (κ1) is 16.9. The van der Waals surface area contributed by atoms with E-state index in [-0.39, 0.29) is 5.91 Å². The number of amides is 1. The molecule has 0 saturated carbocycles. The number of hydrogen-bond donors (Lipinski definition) is 3. The van der Waals surface area contributed by atoms with Crippen LogP contribution < -0.4 is 16.5 Å². The summed E-state index contributed by atoms with van der Waals surface area (Å²) in [5.41, 5.74) is 10.3. The number of nitrogens with two attached hydrogens (primary N) is 1. The molecule has 1 aromatic carbocycles. The molecule has 1 aromatic heterocycles. The number of nitrogens with zero attached hydrogens (tertiary/aromatic N) is 1. The normalized spacial score (nSPS) is 10.3. The Morgan fingerprint density at radius 3 is 2.70 bits per heavy atom. The molecule has 122 valence electrons. The number of benzene rings is 1. The molecule has 0 saturated heterocycles. The fraction of sp³-hybridized carbons (Fsp3) is 0.294.